The van der Waals surface area contributed by atoms with Crippen LogP contribution in [-0.2, 0) is 14.3 Å². The molecule has 0 N–H and O–H groups in total. The maximum absolute atomic E-state index is 11.5. The number of rotatable bonds is 4. The first-order valence-corrected chi connectivity index (χ1v) is 5.57. The second-order valence-corrected chi connectivity index (χ2v) is 3.83. The van der Waals surface area contributed by atoms with Crippen LogP contribution in [0.5, 0.6) is 0 Å². The highest BCUT2D eigenvalue weighted by atomic mass is 35.5. The number of Topliss-reactive ketones (excluding diaryl/α,β-unsaturated/α-hetero) is 1. The lowest BCUT2D eigenvalue weighted by Gasteiger charge is -2.03. The van der Waals surface area contributed by atoms with Crippen molar-refractivity contribution in [3.05, 3.63) is 40.4 Å². The molecule has 0 aliphatic rings. The van der Waals surface area contributed by atoms with Crippen LogP contribution in [0.15, 0.2) is 29.8 Å². The molecule has 1 aromatic carbocycles. The zero-order valence-electron chi connectivity index (χ0n) is 9.70. The Labute approximate surface area is 105 Å². The Kier molecular flexibility index (Phi) is 4.91. The predicted octanol–water partition coefficient (Wildman–Crippen LogP) is 2.88. The predicted molar refractivity (Wildman–Crippen MR) is 66.7 cm³/mol. The van der Waals surface area contributed by atoms with Crippen molar-refractivity contribution in [2.45, 2.75) is 13.8 Å². The largest absolute Gasteiger partial charge is 0.462 e. The molecule has 0 aliphatic heterocycles. The summed E-state index contributed by atoms with van der Waals surface area (Å²) in [6.07, 6.45) is 1.48. The smallest absolute Gasteiger partial charge is 0.341 e. The van der Waals surface area contributed by atoms with Gasteiger partial charge in [-0.05, 0) is 37.6 Å². The molecule has 3 nitrogen and oxygen atoms in total. The van der Waals surface area contributed by atoms with E-state index in [0.717, 1.165) is 0 Å². The normalized spacial score (nSPS) is 11.1. The first-order chi connectivity index (χ1) is 8.04. The Hall–Kier alpha value is -1.61. The molecule has 0 aromatic heterocycles. The number of carbonyl (C=O) groups excluding carboxylic acids is 2. The van der Waals surface area contributed by atoms with Gasteiger partial charge in [-0.2, -0.15) is 0 Å². The van der Waals surface area contributed by atoms with Crippen LogP contribution in [0, 0.1) is 0 Å². The van der Waals surface area contributed by atoms with Gasteiger partial charge in [0.1, 0.15) is 5.57 Å². The summed E-state index contributed by atoms with van der Waals surface area (Å²) in [5, 5.41) is 0.547. The van der Waals surface area contributed by atoms with Crippen molar-refractivity contribution in [2.75, 3.05) is 6.61 Å². The van der Waals surface area contributed by atoms with Crippen molar-refractivity contribution in [1.82, 2.24) is 0 Å². The van der Waals surface area contributed by atoms with Gasteiger partial charge in [-0.15, -0.1) is 0 Å². The van der Waals surface area contributed by atoms with Crippen molar-refractivity contribution < 1.29 is 14.3 Å². The second-order valence-electron chi connectivity index (χ2n) is 3.39. The van der Waals surface area contributed by atoms with E-state index in [4.69, 9.17) is 16.3 Å². The summed E-state index contributed by atoms with van der Waals surface area (Å²) >= 11 is 5.82. The Bertz CT molecular complexity index is 463. The van der Waals surface area contributed by atoms with Crippen LogP contribution in [-0.4, -0.2) is 18.4 Å². The number of hydrogen-bond donors (Lipinski definition) is 0. The van der Waals surface area contributed by atoms with E-state index in [1.165, 1.54) is 13.0 Å². The Morgan fingerprint density at radius 3 is 2.65 bits per heavy atom. The van der Waals surface area contributed by atoms with E-state index >= 15 is 0 Å². The van der Waals surface area contributed by atoms with Crippen molar-refractivity contribution in [3.63, 3.8) is 0 Å². The van der Waals surface area contributed by atoms with Crippen LogP contribution >= 0.6 is 11.6 Å². The lowest BCUT2D eigenvalue weighted by Crippen LogP contribution is -2.13. The van der Waals surface area contributed by atoms with Crippen molar-refractivity contribution in [3.8, 4) is 0 Å². The molecular formula is C13H13ClO3. The number of halogens is 1. The van der Waals surface area contributed by atoms with Gasteiger partial charge in [-0.1, -0.05) is 23.7 Å². The number of hydrogen-bond acceptors (Lipinski definition) is 3. The van der Waals surface area contributed by atoms with E-state index in [1.54, 1.807) is 31.2 Å². The molecule has 0 bridgehead atoms. The van der Waals surface area contributed by atoms with Gasteiger partial charge in [0.05, 0.1) is 6.61 Å². The van der Waals surface area contributed by atoms with E-state index in [0.29, 0.717) is 10.6 Å². The topological polar surface area (TPSA) is 43.4 Å². The average molecular weight is 253 g/mol. The fourth-order valence-electron chi connectivity index (χ4n) is 1.28. The molecule has 0 saturated carbocycles. The highest BCUT2D eigenvalue weighted by Gasteiger charge is 2.15. The van der Waals surface area contributed by atoms with Crippen LogP contribution in [0.2, 0.25) is 5.02 Å². The number of ketones is 1. The molecule has 0 amide bonds. The Morgan fingerprint density at radius 2 is 2.12 bits per heavy atom. The van der Waals surface area contributed by atoms with E-state index < -0.39 is 5.97 Å². The molecule has 90 valence electrons. The number of carbonyl (C=O) groups is 2. The van der Waals surface area contributed by atoms with Crippen LogP contribution in [0.4, 0.5) is 0 Å². The summed E-state index contributed by atoms with van der Waals surface area (Å²) in [6.45, 7) is 3.25. The van der Waals surface area contributed by atoms with E-state index in [-0.39, 0.29) is 18.0 Å². The fraction of sp³-hybridized carbons (Fsp3) is 0.231. The van der Waals surface area contributed by atoms with Gasteiger partial charge >= 0.3 is 5.97 Å². The molecule has 0 fully saturated rings. The number of ether oxygens (including phenoxy) is 1. The zero-order chi connectivity index (χ0) is 12.8. The average Bonchev–Trinajstić information content (AvgIpc) is 2.26. The molecule has 0 saturated heterocycles. The minimum Gasteiger partial charge on any atom is -0.462 e. The lowest BCUT2D eigenvalue weighted by atomic mass is 10.1. The molecule has 0 radical (unpaired) electrons. The van der Waals surface area contributed by atoms with Gasteiger partial charge < -0.3 is 4.74 Å². The minimum absolute atomic E-state index is 0.0223. The fourth-order valence-corrected chi connectivity index (χ4v) is 1.47. The minimum atomic E-state index is -0.611. The third-order valence-corrected chi connectivity index (χ3v) is 2.27. The first kappa shape index (κ1) is 13.5. The lowest BCUT2D eigenvalue weighted by molar-refractivity contribution is -0.139. The first-order valence-electron chi connectivity index (χ1n) is 5.20. The zero-order valence-corrected chi connectivity index (χ0v) is 10.5. The maximum Gasteiger partial charge on any atom is 0.341 e. The van der Waals surface area contributed by atoms with Crippen molar-refractivity contribution >= 4 is 29.4 Å². The summed E-state index contributed by atoms with van der Waals surface area (Å²) in [5.74, 6) is -0.941. The number of benzene rings is 1. The molecule has 0 atom stereocenters. The van der Waals surface area contributed by atoms with Gasteiger partial charge in [0, 0.05) is 5.02 Å². The monoisotopic (exact) mass is 252 g/mol. The van der Waals surface area contributed by atoms with Gasteiger partial charge in [0.2, 0.25) is 0 Å². The van der Waals surface area contributed by atoms with Crippen LogP contribution in [0.25, 0.3) is 6.08 Å². The van der Waals surface area contributed by atoms with Crippen molar-refractivity contribution in [2.24, 2.45) is 0 Å². The summed E-state index contributed by atoms with van der Waals surface area (Å²) in [7, 11) is 0. The molecule has 1 aromatic rings. The maximum atomic E-state index is 11.5. The SMILES string of the molecule is CCOC(=O)/C(=C\c1cccc(Cl)c1)C(C)=O. The summed E-state index contributed by atoms with van der Waals surface area (Å²) < 4.78 is 4.81. The molecule has 4 heteroatoms. The van der Waals surface area contributed by atoms with E-state index in [1.807, 2.05) is 0 Å². The van der Waals surface area contributed by atoms with Gasteiger partial charge in [0.25, 0.3) is 0 Å². The summed E-state index contributed by atoms with van der Waals surface area (Å²) in [6, 6.07) is 6.89. The van der Waals surface area contributed by atoms with Gasteiger partial charge in [-0.3, -0.25) is 4.79 Å². The third-order valence-electron chi connectivity index (χ3n) is 2.03. The Morgan fingerprint density at radius 1 is 1.41 bits per heavy atom. The third kappa shape index (κ3) is 4.04. The van der Waals surface area contributed by atoms with Crippen LogP contribution in [0.1, 0.15) is 19.4 Å². The molecule has 0 unspecified atom stereocenters. The van der Waals surface area contributed by atoms with Crippen molar-refractivity contribution in [1.29, 1.82) is 0 Å². The van der Waals surface area contributed by atoms with E-state index in [2.05, 4.69) is 0 Å². The quantitative estimate of drug-likeness (QED) is 0.358. The molecule has 1 rings (SSSR count). The standard InChI is InChI=1S/C13H13ClO3/c1-3-17-13(16)12(9(2)15)8-10-5-4-6-11(14)7-10/h4-8H,3H2,1-2H3/b12-8-. The van der Waals surface area contributed by atoms with Crippen LogP contribution in [0.3, 0.4) is 0 Å². The molecule has 0 heterocycles. The number of esters is 1. The second kappa shape index (κ2) is 6.21. The highest BCUT2D eigenvalue weighted by Crippen LogP contribution is 2.14. The van der Waals surface area contributed by atoms with Gasteiger partial charge in [0.15, 0.2) is 5.78 Å². The van der Waals surface area contributed by atoms with Gasteiger partial charge in [-0.25, -0.2) is 4.79 Å². The molecular weight excluding hydrogens is 240 g/mol. The summed E-state index contributed by atoms with van der Waals surface area (Å²) in [4.78, 5) is 22.9. The summed E-state index contributed by atoms with van der Waals surface area (Å²) in [5.41, 5.74) is 0.713. The molecule has 17 heavy (non-hydrogen) atoms. The van der Waals surface area contributed by atoms with Crippen LogP contribution < -0.4 is 0 Å². The Balaban J connectivity index is 3.06. The highest BCUT2D eigenvalue weighted by molar-refractivity contribution is 6.30. The molecule has 0 spiro atoms. The van der Waals surface area contributed by atoms with E-state index in [9.17, 15) is 9.59 Å². The molecule has 0 aliphatic carbocycles.